The van der Waals surface area contributed by atoms with Crippen LogP contribution in [-0.4, -0.2) is 17.8 Å². The van der Waals surface area contributed by atoms with Crippen LogP contribution in [0.1, 0.15) is 13.8 Å². The van der Waals surface area contributed by atoms with E-state index in [0.29, 0.717) is 0 Å². The number of rotatable bonds is 3. The second-order valence-corrected chi connectivity index (χ2v) is 3.03. The summed E-state index contributed by atoms with van der Waals surface area (Å²) in [4.78, 5) is 10.6. The summed E-state index contributed by atoms with van der Waals surface area (Å²) < 4.78 is 0. The number of nitrogens with zero attached hydrogens (tertiary/aromatic N) is 1. The highest BCUT2D eigenvalue weighted by Gasteiger charge is 2.30. The molecule has 0 heterocycles. The molecule has 0 bridgehead atoms. The number of nitriles is 1. The largest absolute Gasteiger partial charge is 0.482 e. The van der Waals surface area contributed by atoms with Gasteiger partial charge in [0.05, 0.1) is 5.82 Å². The van der Waals surface area contributed by atoms with Crippen LogP contribution in [-0.2, 0) is 4.79 Å². The molecule has 60 valence electrons. The molecule has 0 aliphatic rings. The molecule has 0 radical (unpaired) electrons. The second-order valence-electron chi connectivity index (χ2n) is 3.03. The lowest BCUT2D eigenvalue weighted by Gasteiger charge is -2.15. The van der Waals surface area contributed by atoms with Gasteiger partial charge in [-0.2, -0.15) is 0 Å². The Morgan fingerprint density at radius 2 is 2.09 bits per heavy atom. The van der Waals surface area contributed by atoms with Crippen LogP contribution in [0.15, 0.2) is 0 Å². The van der Waals surface area contributed by atoms with Crippen molar-refractivity contribution >= 4 is 12.7 Å². The van der Waals surface area contributed by atoms with E-state index in [9.17, 15) is 4.79 Å². The van der Waals surface area contributed by atoms with Crippen molar-refractivity contribution in [1.29, 1.82) is 5.26 Å². The van der Waals surface area contributed by atoms with Crippen molar-refractivity contribution in [1.82, 2.24) is 0 Å². The van der Waals surface area contributed by atoms with Crippen LogP contribution in [0.4, 0.5) is 0 Å². The molecule has 1 N–H and O–H groups in total. The van der Waals surface area contributed by atoms with E-state index >= 15 is 0 Å². The van der Waals surface area contributed by atoms with E-state index < -0.39 is 18.5 Å². The third kappa shape index (κ3) is 2.63. The van der Waals surface area contributed by atoms with Gasteiger partial charge in [-0.1, -0.05) is 20.7 Å². The lowest BCUT2D eigenvalue weighted by molar-refractivity contribution is -0.137. The molecule has 3 nitrogen and oxygen atoms in total. The highest BCUT2D eigenvalue weighted by Crippen LogP contribution is 2.20. The molecule has 4 heteroatoms. The minimum Gasteiger partial charge on any atom is -0.482 e. The van der Waals surface area contributed by atoms with E-state index in [2.05, 4.69) is 0 Å². The van der Waals surface area contributed by atoms with Gasteiger partial charge in [0.1, 0.15) is 0 Å². The quantitative estimate of drug-likeness (QED) is 0.621. The number of aliphatic carboxylic acids is 1. The maximum absolute atomic E-state index is 10.6. The first-order valence-electron chi connectivity index (χ1n) is 3.63. The molecular weight excluding hydrogens is 141 g/mol. The molecule has 0 aliphatic carbocycles. The summed E-state index contributed by atoms with van der Waals surface area (Å²) >= 11 is 0. The molecule has 0 aromatic carbocycles. The van der Waals surface area contributed by atoms with E-state index in [1.54, 1.807) is 6.82 Å². The lowest BCUT2D eigenvalue weighted by Crippen LogP contribution is -2.27. The van der Waals surface area contributed by atoms with Crippen molar-refractivity contribution in [2.45, 2.75) is 26.5 Å². The van der Waals surface area contributed by atoms with Gasteiger partial charge < -0.3 is 5.11 Å². The zero-order valence-corrected chi connectivity index (χ0v) is 7.03. The van der Waals surface area contributed by atoms with Gasteiger partial charge in [-0.05, 0) is 5.92 Å². The second kappa shape index (κ2) is 4.02. The Labute approximate surface area is 67.1 Å². The Hall–Kier alpha value is -0.975. The van der Waals surface area contributed by atoms with E-state index in [1.165, 1.54) is 0 Å². The standard InChI is InChI=1S/C7H12BNO2/c1-5(2)6(7(10)11)8(3)4-9/h5-6H,1-3H3,(H,10,11). The van der Waals surface area contributed by atoms with Crippen LogP contribution in [0, 0.1) is 17.1 Å². The average molecular weight is 153 g/mol. The molecule has 0 aliphatic heterocycles. The number of carboxylic acids is 1. The topological polar surface area (TPSA) is 61.1 Å². The van der Waals surface area contributed by atoms with E-state index in [4.69, 9.17) is 10.4 Å². The summed E-state index contributed by atoms with van der Waals surface area (Å²) in [6.07, 6.45) is 0. The molecule has 1 unspecified atom stereocenters. The van der Waals surface area contributed by atoms with E-state index in [0.717, 1.165) is 0 Å². The smallest absolute Gasteiger partial charge is 0.300 e. The van der Waals surface area contributed by atoms with Crippen LogP contribution in [0.3, 0.4) is 0 Å². The van der Waals surface area contributed by atoms with Gasteiger partial charge >= 0.3 is 5.97 Å². The van der Waals surface area contributed by atoms with Gasteiger partial charge in [0.25, 0.3) is 6.71 Å². The van der Waals surface area contributed by atoms with E-state index in [1.807, 2.05) is 19.8 Å². The highest BCUT2D eigenvalue weighted by molar-refractivity contribution is 6.70. The van der Waals surface area contributed by atoms with Crippen molar-refractivity contribution in [3.8, 4) is 5.97 Å². The Balaban J connectivity index is 4.37. The highest BCUT2D eigenvalue weighted by atomic mass is 16.4. The number of hydrogen-bond acceptors (Lipinski definition) is 2. The van der Waals surface area contributed by atoms with Crippen LogP contribution >= 0.6 is 0 Å². The first-order chi connectivity index (χ1) is 5.00. The minimum atomic E-state index is -0.881. The van der Waals surface area contributed by atoms with Gasteiger partial charge in [0.2, 0.25) is 0 Å². The maximum Gasteiger partial charge on any atom is 0.300 e. The molecule has 0 aromatic heterocycles. The molecule has 0 saturated heterocycles. The molecule has 1 atom stereocenters. The summed E-state index contributed by atoms with van der Waals surface area (Å²) in [6.45, 7) is 4.85. The number of hydrogen-bond donors (Lipinski definition) is 1. The fraction of sp³-hybridized carbons (Fsp3) is 0.714. The van der Waals surface area contributed by atoms with Gasteiger partial charge in [0, 0.05) is 5.97 Å². The van der Waals surface area contributed by atoms with Gasteiger partial charge in [0.15, 0.2) is 0 Å². The Morgan fingerprint density at radius 1 is 1.64 bits per heavy atom. The minimum absolute atomic E-state index is 0.0159. The third-order valence-corrected chi connectivity index (χ3v) is 1.75. The SMILES string of the molecule is CB(C#N)C(C(=O)O)C(C)C. The van der Waals surface area contributed by atoms with Crippen molar-refractivity contribution < 1.29 is 9.90 Å². The van der Waals surface area contributed by atoms with Crippen LogP contribution in [0.5, 0.6) is 0 Å². The average Bonchev–Trinajstić information content (AvgIpc) is 1.85. The number of carbonyl (C=O) groups is 1. The van der Waals surface area contributed by atoms with Gasteiger partial charge in [-0.25, -0.2) is 5.26 Å². The monoisotopic (exact) mass is 153 g/mol. The Bertz CT molecular complexity index is 185. The third-order valence-electron chi connectivity index (χ3n) is 1.75. The van der Waals surface area contributed by atoms with Crippen molar-refractivity contribution in [3.05, 3.63) is 0 Å². The lowest BCUT2D eigenvalue weighted by atomic mass is 9.42. The van der Waals surface area contributed by atoms with Gasteiger partial charge in [-0.15, -0.1) is 0 Å². The molecule has 0 rings (SSSR count). The van der Waals surface area contributed by atoms with E-state index in [-0.39, 0.29) is 5.92 Å². The summed E-state index contributed by atoms with van der Waals surface area (Å²) in [7, 11) is 0. The summed E-state index contributed by atoms with van der Waals surface area (Å²) in [5, 5.41) is 17.2. The van der Waals surface area contributed by atoms with Crippen LogP contribution in [0.2, 0.25) is 12.6 Å². The zero-order valence-electron chi connectivity index (χ0n) is 7.03. The fourth-order valence-electron chi connectivity index (χ4n) is 1.16. The molecular formula is C7H12BNO2. The molecule has 11 heavy (non-hydrogen) atoms. The Morgan fingerprint density at radius 3 is 2.18 bits per heavy atom. The summed E-state index contributed by atoms with van der Waals surface area (Å²) in [6, 6.07) is 0. The molecule has 0 spiro atoms. The predicted molar refractivity (Wildman–Crippen MR) is 43.5 cm³/mol. The summed E-state index contributed by atoms with van der Waals surface area (Å²) in [5.74, 6) is 0.541. The van der Waals surface area contributed by atoms with Crippen molar-refractivity contribution in [3.63, 3.8) is 0 Å². The number of carboxylic acid groups (broad SMARTS) is 1. The molecule has 0 fully saturated rings. The molecule has 0 saturated carbocycles. The fourth-order valence-corrected chi connectivity index (χ4v) is 1.16. The zero-order chi connectivity index (χ0) is 9.02. The van der Waals surface area contributed by atoms with Crippen molar-refractivity contribution in [2.75, 3.05) is 0 Å². The molecule has 0 amide bonds. The summed E-state index contributed by atoms with van der Waals surface area (Å²) in [5.41, 5.74) is 0. The van der Waals surface area contributed by atoms with Crippen LogP contribution < -0.4 is 0 Å². The van der Waals surface area contributed by atoms with Gasteiger partial charge in [-0.3, -0.25) is 4.79 Å². The first-order valence-corrected chi connectivity index (χ1v) is 3.63. The molecule has 0 aromatic rings. The predicted octanol–water partition coefficient (Wildman–Crippen LogP) is 1.28. The maximum atomic E-state index is 10.6. The first kappa shape index (κ1) is 10.0. The van der Waals surface area contributed by atoms with Crippen molar-refractivity contribution in [2.24, 2.45) is 5.92 Å². The normalized spacial score (nSPS) is 12.3. The van der Waals surface area contributed by atoms with Crippen LogP contribution in [0.25, 0.3) is 0 Å². The Kier molecular flexibility index (Phi) is 3.66.